The van der Waals surface area contributed by atoms with Gasteiger partial charge in [-0.05, 0) is 12.8 Å². The smallest absolute Gasteiger partial charge is 0.145 e. The molecule has 1 atom stereocenters. The lowest BCUT2D eigenvalue weighted by molar-refractivity contribution is -0.150. The predicted molar refractivity (Wildman–Crippen MR) is 79.4 cm³/mol. The van der Waals surface area contributed by atoms with Crippen molar-refractivity contribution in [2.75, 3.05) is 32.7 Å². The topological polar surface area (TPSA) is 27.7 Å². The number of hydrogen-bond acceptors (Lipinski definition) is 3. The SMILES string of the molecule is C.CCC1(COCCC[SiH](C)CO[SiH3])COC1. The van der Waals surface area contributed by atoms with Crippen molar-refractivity contribution < 1.29 is 13.9 Å². The van der Waals surface area contributed by atoms with Crippen molar-refractivity contribution >= 4 is 19.3 Å². The first-order valence-corrected chi connectivity index (χ1v) is 9.97. The highest BCUT2D eigenvalue weighted by Crippen LogP contribution is 2.31. The van der Waals surface area contributed by atoms with E-state index < -0.39 is 8.80 Å². The molecular formula is C12H30O3Si2. The van der Waals surface area contributed by atoms with Gasteiger partial charge in [0, 0.05) is 18.3 Å². The van der Waals surface area contributed by atoms with E-state index in [4.69, 9.17) is 13.9 Å². The van der Waals surface area contributed by atoms with Crippen LogP contribution in [-0.2, 0) is 13.9 Å². The van der Waals surface area contributed by atoms with E-state index in [1.807, 2.05) is 0 Å². The summed E-state index contributed by atoms with van der Waals surface area (Å²) >= 11 is 0. The van der Waals surface area contributed by atoms with Gasteiger partial charge in [0.1, 0.15) is 10.5 Å². The van der Waals surface area contributed by atoms with Gasteiger partial charge < -0.3 is 13.9 Å². The van der Waals surface area contributed by atoms with Crippen molar-refractivity contribution in [1.82, 2.24) is 0 Å². The molecule has 0 radical (unpaired) electrons. The van der Waals surface area contributed by atoms with E-state index in [-0.39, 0.29) is 7.43 Å². The van der Waals surface area contributed by atoms with E-state index in [1.165, 1.54) is 18.9 Å². The second-order valence-corrected chi connectivity index (χ2v) is 8.80. The molecule has 0 spiro atoms. The molecule has 3 nitrogen and oxygen atoms in total. The third-order valence-electron chi connectivity index (χ3n) is 3.41. The Morgan fingerprint density at radius 1 is 1.41 bits per heavy atom. The molecule has 0 amide bonds. The van der Waals surface area contributed by atoms with Crippen LogP contribution in [0, 0.1) is 5.41 Å². The summed E-state index contributed by atoms with van der Waals surface area (Å²) in [6.07, 6.45) is 3.43. The average Bonchev–Trinajstić information content (AvgIpc) is 2.21. The van der Waals surface area contributed by atoms with E-state index in [0.717, 1.165) is 43.1 Å². The molecular weight excluding hydrogens is 248 g/mol. The predicted octanol–water partition coefficient (Wildman–Crippen LogP) is 1.15. The Bertz CT molecular complexity index is 181. The lowest BCUT2D eigenvalue weighted by atomic mass is 9.84. The van der Waals surface area contributed by atoms with Crippen molar-refractivity contribution in [3.8, 4) is 0 Å². The van der Waals surface area contributed by atoms with Crippen LogP contribution < -0.4 is 0 Å². The van der Waals surface area contributed by atoms with Crippen molar-refractivity contribution in [2.24, 2.45) is 5.41 Å². The number of ether oxygens (including phenoxy) is 2. The van der Waals surface area contributed by atoms with Gasteiger partial charge in [0.05, 0.1) is 28.6 Å². The molecule has 104 valence electrons. The molecule has 1 saturated heterocycles. The van der Waals surface area contributed by atoms with Crippen LogP contribution in [-0.4, -0.2) is 51.9 Å². The minimum atomic E-state index is -0.580. The lowest BCUT2D eigenvalue weighted by Gasteiger charge is -2.40. The van der Waals surface area contributed by atoms with Gasteiger partial charge in [0.15, 0.2) is 0 Å². The molecule has 0 N–H and O–H groups in total. The standard InChI is InChI=1S/C11H26O3Si2.CH4/c1-3-11(8-13-9-11)7-12-5-4-6-16(2)10-14-15;/h16H,3-10H2,1-2,15H3;1H4. The minimum absolute atomic E-state index is 0. The summed E-state index contributed by atoms with van der Waals surface area (Å²) in [7, 11) is 0.309. The molecule has 0 aromatic heterocycles. The van der Waals surface area contributed by atoms with Crippen LogP contribution >= 0.6 is 0 Å². The van der Waals surface area contributed by atoms with Crippen LogP contribution in [0.4, 0.5) is 0 Å². The summed E-state index contributed by atoms with van der Waals surface area (Å²) in [4.78, 5) is 0. The molecule has 1 heterocycles. The van der Waals surface area contributed by atoms with Crippen molar-refractivity contribution in [1.29, 1.82) is 0 Å². The fourth-order valence-corrected chi connectivity index (χ4v) is 5.28. The molecule has 0 aromatic rings. The molecule has 0 aromatic carbocycles. The van der Waals surface area contributed by atoms with E-state index in [1.54, 1.807) is 0 Å². The van der Waals surface area contributed by atoms with E-state index in [2.05, 4.69) is 13.5 Å². The van der Waals surface area contributed by atoms with E-state index in [9.17, 15) is 0 Å². The van der Waals surface area contributed by atoms with Gasteiger partial charge in [0.25, 0.3) is 0 Å². The zero-order valence-electron chi connectivity index (χ0n) is 11.0. The highest BCUT2D eigenvalue weighted by molar-refractivity contribution is 6.57. The van der Waals surface area contributed by atoms with Crippen molar-refractivity contribution in [2.45, 2.75) is 39.8 Å². The van der Waals surface area contributed by atoms with Gasteiger partial charge in [-0.15, -0.1) is 0 Å². The normalized spacial score (nSPS) is 19.4. The Kier molecular flexibility index (Phi) is 9.44. The molecule has 1 aliphatic rings. The lowest BCUT2D eigenvalue weighted by Crippen LogP contribution is -2.45. The third kappa shape index (κ3) is 6.15. The van der Waals surface area contributed by atoms with Crippen LogP contribution in [0.2, 0.25) is 12.6 Å². The highest BCUT2D eigenvalue weighted by Gasteiger charge is 2.36. The van der Waals surface area contributed by atoms with Crippen molar-refractivity contribution in [3.63, 3.8) is 0 Å². The maximum Gasteiger partial charge on any atom is 0.145 e. The quantitative estimate of drug-likeness (QED) is 0.468. The van der Waals surface area contributed by atoms with Crippen LogP contribution in [0.5, 0.6) is 0 Å². The monoisotopic (exact) mass is 278 g/mol. The summed E-state index contributed by atoms with van der Waals surface area (Å²) < 4.78 is 16.3. The van der Waals surface area contributed by atoms with Gasteiger partial charge in [-0.2, -0.15) is 0 Å². The van der Waals surface area contributed by atoms with Gasteiger partial charge in [-0.1, -0.05) is 26.9 Å². The van der Waals surface area contributed by atoms with Crippen LogP contribution in [0.25, 0.3) is 0 Å². The van der Waals surface area contributed by atoms with Crippen LogP contribution in [0.1, 0.15) is 27.2 Å². The summed E-state index contributed by atoms with van der Waals surface area (Å²) in [6.45, 7) is 8.19. The third-order valence-corrected chi connectivity index (χ3v) is 6.71. The fourth-order valence-electron chi connectivity index (χ4n) is 1.97. The van der Waals surface area contributed by atoms with Gasteiger partial charge in [0.2, 0.25) is 0 Å². The van der Waals surface area contributed by atoms with Gasteiger partial charge in [-0.25, -0.2) is 0 Å². The summed E-state index contributed by atoms with van der Waals surface area (Å²) in [5, 5.41) is 0. The summed E-state index contributed by atoms with van der Waals surface area (Å²) in [5.41, 5.74) is 0.348. The summed E-state index contributed by atoms with van der Waals surface area (Å²) in [5.74, 6) is 0. The molecule has 0 aliphatic carbocycles. The zero-order chi connectivity index (χ0) is 11.9. The minimum Gasteiger partial charge on any atom is -0.431 e. The average molecular weight is 279 g/mol. The Morgan fingerprint density at radius 3 is 2.59 bits per heavy atom. The first-order chi connectivity index (χ1) is 7.72. The molecule has 5 heteroatoms. The van der Waals surface area contributed by atoms with E-state index >= 15 is 0 Å². The Morgan fingerprint density at radius 2 is 2.12 bits per heavy atom. The molecule has 17 heavy (non-hydrogen) atoms. The number of rotatable bonds is 9. The van der Waals surface area contributed by atoms with E-state index in [0.29, 0.717) is 5.41 Å². The molecule has 1 fully saturated rings. The molecule has 1 unspecified atom stereocenters. The first-order valence-electron chi connectivity index (χ1n) is 6.37. The Balaban J connectivity index is 0.00000256. The second-order valence-electron chi connectivity index (χ2n) is 5.10. The Hall–Kier alpha value is 0.314. The highest BCUT2D eigenvalue weighted by atomic mass is 28.3. The Labute approximate surface area is 111 Å². The maximum atomic E-state index is 5.77. The van der Waals surface area contributed by atoms with Gasteiger partial charge >= 0.3 is 0 Å². The summed E-state index contributed by atoms with van der Waals surface area (Å²) in [6, 6.07) is 1.35. The molecule has 1 rings (SSSR count). The molecule has 0 bridgehead atoms. The van der Waals surface area contributed by atoms with Gasteiger partial charge in [-0.3, -0.25) is 0 Å². The molecule has 0 saturated carbocycles. The van der Waals surface area contributed by atoms with Crippen molar-refractivity contribution in [3.05, 3.63) is 0 Å². The molecule has 1 aliphatic heterocycles. The number of hydrogen-bond donors (Lipinski definition) is 0. The second kappa shape index (κ2) is 9.27. The van der Waals surface area contributed by atoms with Crippen LogP contribution in [0.15, 0.2) is 0 Å². The van der Waals surface area contributed by atoms with Crippen LogP contribution in [0.3, 0.4) is 0 Å². The zero-order valence-corrected chi connectivity index (χ0v) is 14.1. The maximum absolute atomic E-state index is 5.77. The first kappa shape index (κ1) is 17.3. The largest absolute Gasteiger partial charge is 0.431 e. The fraction of sp³-hybridized carbons (Fsp3) is 1.00.